The van der Waals surface area contributed by atoms with Crippen LogP contribution < -0.4 is 15.1 Å². The van der Waals surface area contributed by atoms with Gasteiger partial charge < -0.3 is 19.7 Å². The normalized spacial score (nSPS) is 20.6. The number of aromatic nitrogens is 3. The van der Waals surface area contributed by atoms with E-state index in [0.717, 1.165) is 18.9 Å². The Morgan fingerprint density at radius 1 is 1.38 bits per heavy atom. The van der Waals surface area contributed by atoms with Crippen LogP contribution in [0.25, 0.3) is 0 Å². The van der Waals surface area contributed by atoms with Gasteiger partial charge in [-0.3, -0.25) is 0 Å². The van der Waals surface area contributed by atoms with Gasteiger partial charge in [0.1, 0.15) is 12.0 Å². The van der Waals surface area contributed by atoms with Crippen LogP contribution in [0, 0.1) is 0 Å². The molecular weight excluding hydrogens is 307 g/mol. The minimum Gasteiger partial charge on any atom is -0.357 e. The van der Waals surface area contributed by atoms with Crippen LogP contribution in [0.15, 0.2) is 30.7 Å². The molecular formula is C17H25FN6. The van der Waals surface area contributed by atoms with Crippen molar-refractivity contribution in [2.75, 3.05) is 37.0 Å². The fraction of sp³-hybridized carbons (Fsp3) is 0.529. The molecule has 0 saturated carbocycles. The molecule has 1 saturated heterocycles. The van der Waals surface area contributed by atoms with Crippen molar-refractivity contribution in [3.63, 3.8) is 0 Å². The first-order chi connectivity index (χ1) is 11.5. The van der Waals surface area contributed by atoms with Crippen molar-refractivity contribution in [3.8, 4) is 0 Å². The number of nitrogens with one attached hydrogen (secondary N) is 1. The van der Waals surface area contributed by atoms with Crippen molar-refractivity contribution in [1.82, 2.24) is 19.9 Å². The summed E-state index contributed by atoms with van der Waals surface area (Å²) in [6.07, 6.45) is 5.57. The molecule has 0 aromatic carbocycles. The quantitative estimate of drug-likeness (QED) is 0.870. The molecule has 2 aromatic heterocycles. The van der Waals surface area contributed by atoms with Gasteiger partial charge in [0.2, 0.25) is 5.95 Å². The third-order valence-electron chi connectivity index (χ3n) is 4.29. The highest BCUT2D eigenvalue weighted by Crippen LogP contribution is 2.26. The molecule has 0 aliphatic carbocycles. The molecule has 3 heterocycles. The van der Waals surface area contributed by atoms with Gasteiger partial charge in [0, 0.05) is 65.3 Å². The standard InChI is InChI=1S/C17H25FN6/c1-22(2)17-20-6-4-16(21-17)24-12-14(18)8-15(24)10-19-9-13-5-7-23(3)11-13/h4-7,11,14-15,19H,8-10,12H2,1-3H3/t14-,15-/m0/s1. The predicted molar refractivity (Wildman–Crippen MR) is 94.1 cm³/mol. The van der Waals surface area contributed by atoms with Crippen molar-refractivity contribution in [3.05, 3.63) is 36.3 Å². The Balaban J connectivity index is 1.64. The molecule has 24 heavy (non-hydrogen) atoms. The largest absolute Gasteiger partial charge is 0.357 e. The maximum Gasteiger partial charge on any atom is 0.226 e. The summed E-state index contributed by atoms with van der Waals surface area (Å²) >= 11 is 0. The molecule has 2 atom stereocenters. The summed E-state index contributed by atoms with van der Waals surface area (Å²) in [6.45, 7) is 1.91. The lowest BCUT2D eigenvalue weighted by Crippen LogP contribution is -2.38. The van der Waals surface area contributed by atoms with Gasteiger partial charge in [-0.25, -0.2) is 9.37 Å². The number of anilines is 2. The Hall–Kier alpha value is -2.15. The van der Waals surface area contributed by atoms with E-state index in [0.29, 0.717) is 18.9 Å². The van der Waals surface area contributed by atoms with Crippen LogP contribution >= 0.6 is 0 Å². The fourth-order valence-corrected chi connectivity index (χ4v) is 3.10. The van der Waals surface area contributed by atoms with Crippen LogP contribution in [0.5, 0.6) is 0 Å². The zero-order valence-electron chi connectivity index (χ0n) is 14.5. The molecule has 130 valence electrons. The molecule has 6 nitrogen and oxygen atoms in total. The van der Waals surface area contributed by atoms with Gasteiger partial charge in [-0.1, -0.05) is 0 Å². The highest BCUT2D eigenvalue weighted by Gasteiger charge is 2.32. The van der Waals surface area contributed by atoms with E-state index in [9.17, 15) is 4.39 Å². The Bertz CT molecular complexity index is 671. The van der Waals surface area contributed by atoms with Crippen molar-refractivity contribution >= 4 is 11.8 Å². The zero-order valence-corrected chi connectivity index (χ0v) is 14.5. The van der Waals surface area contributed by atoms with Gasteiger partial charge in [-0.15, -0.1) is 0 Å². The van der Waals surface area contributed by atoms with Crippen LogP contribution in [-0.2, 0) is 13.6 Å². The summed E-state index contributed by atoms with van der Waals surface area (Å²) < 4.78 is 16.0. The highest BCUT2D eigenvalue weighted by atomic mass is 19.1. The van der Waals surface area contributed by atoms with Crippen molar-refractivity contribution in [2.24, 2.45) is 7.05 Å². The van der Waals surface area contributed by atoms with E-state index in [1.165, 1.54) is 5.56 Å². The molecule has 0 bridgehead atoms. The van der Waals surface area contributed by atoms with Crippen molar-refractivity contribution in [2.45, 2.75) is 25.2 Å². The van der Waals surface area contributed by atoms with E-state index in [4.69, 9.17) is 0 Å². The molecule has 1 N–H and O–H groups in total. The second kappa shape index (κ2) is 7.17. The van der Waals surface area contributed by atoms with Crippen LogP contribution in [-0.4, -0.2) is 53.9 Å². The molecule has 2 aromatic rings. The first-order valence-electron chi connectivity index (χ1n) is 8.25. The van der Waals surface area contributed by atoms with Gasteiger partial charge in [0.05, 0.1) is 6.54 Å². The van der Waals surface area contributed by atoms with Gasteiger partial charge in [0.25, 0.3) is 0 Å². The number of alkyl halides is 1. The third-order valence-corrected chi connectivity index (χ3v) is 4.29. The average Bonchev–Trinajstić information content (AvgIpc) is 3.13. The second-order valence-corrected chi connectivity index (χ2v) is 6.56. The number of nitrogens with zero attached hydrogens (tertiary/aromatic N) is 5. The smallest absolute Gasteiger partial charge is 0.226 e. The van der Waals surface area contributed by atoms with Crippen LogP contribution in [0.4, 0.5) is 16.2 Å². The number of rotatable bonds is 6. The Labute approximate surface area is 142 Å². The number of halogens is 1. The van der Waals surface area contributed by atoms with Gasteiger partial charge >= 0.3 is 0 Å². The Morgan fingerprint density at radius 2 is 2.21 bits per heavy atom. The van der Waals surface area contributed by atoms with E-state index in [-0.39, 0.29) is 6.04 Å². The van der Waals surface area contributed by atoms with Gasteiger partial charge in [0.15, 0.2) is 0 Å². The van der Waals surface area contributed by atoms with Crippen LogP contribution in [0.1, 0.15) is 12.0 Å². The molecule has 1 aliphatic heterocycles. The van der Waals surface area contributed by atoms with E-state index in [1.54, 1.807) is 6.20 Å². The zero-order chi connectivity index (χ0) is 17.1. The predicted octanol–water partition coefficient (Wildman–Crippen LogP) is 1.59. The van der Waals surface area contributed by atoms with Gasteiger partial charge in [-0.2, -0.15) is 4.98 Å². The van der Waals surface area contributed by atoms with E-state index in [1.807, 2.05) is 42.9 Å². The Kier molecular flexibility index (Phi) is 4.99. The summed E-state index contributed by atoms with van der Waals surface area (Å²) in [7, 11) is 5.81. The van der Waals surface area contributed by atoms with Crippen molar-refractivity contribution < 1.29 is 4.39 Å². The lowest BCUT2D eigenvalue weighted by atomic mass is 10.2. The highest BCUT2D eigenvalue weighted by molar-refractivity contribution is 5.45. The van der Waals surface area contributed by atoms with E-state index >= 15 is 0 Å². The monoisotopic (exact) mass is 332 g/mol. The summed E-state index contributed by atoms with van der Waals surface area (Å²) in [5, 5.41) is 3.44. The minimum absolute atomic E-state index is 0.105. The molecule has 0 amide bonds. The van der Waals surface area contributed by atoms with Crippen LogP contribution in [0.3, 0.4) is 0 Å². The Morgan fingerprint density at radius 3 is 2.92 bits per heavy atom. The lowest BCUT2D eigenvalue weighted by Gasteiger charge is -2.26. The van der Waals surface area contributed by atoms with Crippen LogP contribution in [0.2, 0.25) is 0 Å². The first kappa shape index (κ1) is 16.7. The maximum absolute atomic E-state index is 14.0. The topological polar surface area (TPSA) is 49.2 Å². The fourth-order valence-electron chi connectivity index (χ4n) is 3.10. The summed E-state index contributed by atoms with van der Waals surface area (Å²) in [5.41, 5.74) is 1.23. The summed E-state index contributed by atoms with van der Waals surface area (Å²) in [6, 6.07) is 4.05. The summed E-state index contributed by atoms with van der Waals surface area (Å²) in [4.78, 5) is 12.7. The number of aryl methyl sites for hydroxylation is 1. The van der Waals surface area contributed by atoms with Crippen molar-refractivity contribution in [1.29, 1.82) is 0 Å². The molecule has 1 fully saturated rings. The number of hydrogen-bond donors (Lipinski definition) is 1. The summed E-state index contributed by atoms with van der Waals surface area (Å²) in [5.74, 6) is 1.44. The van der Waals surface area contributed by atoms with E-state index < -0.39 is 6.17 Å². The molecule has 3 rings (SSSR count). The maximum atomic E-state index is 14.0. The second-order valence-electron chi connectivity index (χ2n) is 6.56. The van der Waals surface area contributed by atoms with Gasteiger partial charge in [-0.05, 0) is 17.7 Å². The molecule has 0 unspecified atom stereocenters. The van der Waals surface area contributed by atoms with E-state index in [2.05, 4.69) is 32.4 Å². The SMILES string of the molecule is CN(C)c1nccc(N2C[C@@H](F)C[C@H]2CNCc2ccn(C)c2)n1. The first-order valence-corrected chi connectivity index (χ1v) is 8.25. The molecule has 1 aliphatic rings. The number of hydrogen-bond acceptors (Lipinski definition) is 5. The molecule has 0 radical (unpaired) electrons. The molecule has 7 heteroatoms. The third kappa shape index (κ3) is 3.84. The average molecular weight is 332 g/mol. The molecule has 0 spiro atoms. The lowest BCUT2D eigenvalue weighted by molar-refractivity contribution is 0.354. The minimum atomic E-state index is -0.814.